The van der Waals surface area contributed by atoms with Crippen molar-refractivity contribution in [2.75, 3.05) is 11.8 Å². The van der Waals surface area contributed by atoms with Gasteiger partial charge in [0, 0.05) is 5.02 Å². The van der Waals surface area contributed by atoms with Crippen LogP contribution in [0, 0.1) is 6.92 Å². The van der Waals surface area contributed by atoms with E-state index in [0.717, 1.165) is 10.6 Å². The van der Waals surface area contributed by atoms with Gasteiger partial charge in [0.15, 0.2) is 6.73 Å². The third-order valence-corrected chi connectivity index (χ3v) is 2.27. The molecule has 1 aliphatic rings. The van der Waals surface area contributed by atoms with E-state index in [1.54, 1.807) is 6.07 Å². The Labute approximate surface area is 75.1 Å². The molecular weight excluding hydrogens is 178 g/mol. The van der Waals surface area contributed by atoms with Crippen molar-refractivity contribution < 1.29 is 9.94 Å². The zero-order valence-electron chi connectivity index (χ0n) is 6.54. The van der Waals surface area contributed by atoms with Crippen molar-refractivity contribution in [1.29, 1.82) is 0 Å². The molecule has 0 saturated carbocycles. The molecule has 2 rings (SSSR count). The molecule has 0 radical (unpaired) electrons. The first-order valence-electron chi connectivity index (χ1n) is 3.58. The summed E-state index contributed by atoms with van der Waals surface area (Å²) >= 11 is 5.86. The van der Waals surface area contributed by atoms with E-state index in [-0.39, 0.29) is 6.73 Å². The highest BCUT2D eigenvalue weighted by Gasteiger charge is 2.19. The number of benzene rings is 1. The Morgan fingerprint density at radius 3 is 3.08 bits per heavy atom. The Balaban J connectivity index is 2.56. The molecule has 3 nitrogen and oxygen atoms in total. The highest BCUT2D eigenvalue weighted by Crippen LogP contribution is 2.36. The van der Waals surface area contributed by atoms with Gasteiger partial charge in [-0.25, -0.2) is 5.06 Å². The first kappa shape index (κ1) is 7.71. The Hall–Kier alpha value is -0.930. The zero-order chi connectivity index (χ0) is 8.72. The number of anilines is 1. The van der Waals surface area contributed by atoms with Gasteiger partial charge in [-0.3, -0.25) is 5.21 Å². The van der Waals surface area contributed by atoms with E-state index in [0.29, 0.717) is 16.5 Å². The lowest BCUT2D eigenvalue weighted by atomic mass is 10.2. The molecule has 0 fully saturated rings. The second-order valence-electron chi connectivity index (χ2n) is 2.74. The van der Waals surface area contributed by atoms with Gasteiger partial charge in [0.05, 0.1) is 0 Å². The lowest BCUT2D eigenvalue weighted by Crippen LogP contribution is -2.15. The van der Waals surface area contributed by atoms with E-state index < -0.39 is 0 Å². The summed E-state index contributed by atoms with van der Waals surface area (Å²) in [6.07, 6.45) is 0. The van der Waals surface area contributed by atoms with E-state index in [1.165, 1.54) is 0 Å². The molecule has 1 heterocycles. The van der Waals surface area contributed by atoms with Crippen LogP contribution in [0.3, 0.4) is 0 Å². The lowest BCUT2D eigenvalue weighted by Gasteiger charge is -2.06. The molecule has 1 aliphatic heterocycles. The van der Waals surface area contributed by atoms with Crippen molar-refractivity contribution in [2.24, 2.45) is 0 Å². The number of hydroxylamine groups is 1. The van der Waals surface area contributed by atoms with E-state index in [1.807, 2.05) is 13.0 Å². The van der Waals surface area contributed by atoms with Crippen LogP contribution in [0.25, 0.3) is 0 Å². The van der Waals surface area contributed by atoms with E-state index in [2.05, 4.69) is 0 Å². The van der Waals surface area contributed by atoms with Gasteiger partial charge < -0.3 is 4.74 Å². The molecule has 0 saturated heterocycles. The summed E-state index contributed by atoms with van der Waals surface area (Å²) in [4.78, 5) is 0. The molecule has 0 unspecified atom stereocenters. The first-order chi connectivity index (χ1) is 5.68. The van der Waals surface area contributed by atoms with Crippen LogP contribution in [0.4, 0.5) is 5.69 Å². The van der Waals surface area contributed by atoms with Crippen molar-refractivity contribution in [3.8, 4) is 5.75 Å². The van der Waals surface area contributed by atoms with Gasteiger partial charge in [-0.2, -0.15) is 0 Å². The smallest absolute Gasteiger partial charge is 0.185 e. The molecule has 12 heavy (non-hydrogen) atoms. The van der Waals surface area contributed by atoms with Gasteiger partial charge in [0.1, 0.15) is 11.4 Å². The van der Waals surface area contributed by atoms with Crippen molar-refractivity contribution >= 4 is 17.3 Å². The SMILES string of the molecule is Cc1cc2c(cc1Cl)N(O)CO2. The molecule has 0 spiro atoms. The second kappa shape index (κ2) is 2.54. The van der Waals surface area contributed by atoms with Crippen LogP contribution in [-0.2, 0) is 0 Å². The maximum atomic E-state index is 9.25. The number of hydrogen-bond donors (Lipinski definition) is 1. The van der Waals surface area contributed by atoms with Crippen molar-refractivity contribution in [1.82, 2.24) is 0 Å². The Morgan fingerprint density at radius 2 is 2.33 bits per heavy atom. The molecule has 64 valence electrons. The second-order valence-corrected chi connectivity index (χ2v) is 3.15. The lowest BCUT2D eigenvalue weighted by molar-refractivity contribution is 0.194. The third kappa shape index (κ3) is 1.02. The topological polar surface area (TPSA) is 32.7 Å². The molecule has 0 aromatic heterocycles. The van der Waals surface area contributed by atoms with E-state index in [4.69, 9.17) is 16.3 Å². The molecule has 1 N–H and O–H groups in total. The molecule has 1 aromatic rings. The van der Waals surface area contributed by atoms with Crippen LogP contribution in [-0.4, -0.2) is 11.9 Å². The molecule has 0 aliphatic carbocycles. The minimum Gasteiger partial charge on any atom is -0.469 e. The zero-order valence-corrected chi connectivity index (χ0v) is 7.30. The number of aryl methyl sites for hydroxylation is 1. The largest absolute Gasteiger partial charge is 0.469 e. The molecule has 0 amide bonds. The van der Waals surface area contributed by atoms with Gasteiger partial charge in [-0.1, -0.05) is 11.6 Å². The minimum absolute atomic E-state index is 0.176. The molecule has 0 atom stereocenters. The van der Waals surface area contributed by atoms with Gasteiger partial charge in [-0.15, -0.1) is 0 Å². The number of hydrogen-bond acceptors (Lipinski definition) is 3. The van der Waals surface area contributed by atoms with Crippen LogP contribution in [0.1, 0.15) is 5.56 Å². The molecule has 4 heteroatoms. The Morgan fingerprint density at radius 1 is 1.58 bits per heavy atom. The fourth-order valence-corrected chi connectivity index (χ4v) is 1.32. The maximum Gasteiger partial charge on any atom is 0.185 e. The summed E-state index contributed by atoms with van der Waals surface area (Å²) in [5.41, 5.74) is 1.58. The normalized spacial score (nSPS) is 14.4. The van der Waals surface area contributed by atoms with Crippen molar-refractivity contribution in [3.05, 3.63) is 22.7 Å². The minimum atomic E-state index is 0.176. The quantitative estimate of drug-likeness (QED) is 0.673. The average molecular weight is 186 g/mol. The summed E-state index contributed by atoms with van der Waals surface area (Å²) < 4.78 is 5.16. The van der Waals surface area contributed by atoms with Crippen molar-refractivity contribution in [2.45, 2.75) is 6.92 Å². The van der Waals surface area contributed by atoms with Crippen LogP contribution in [0.15, 0.2) is 12.1 Å². The predicted molar refractivity (Wildman–Crippen MR) is 45.9 cm³/mol. The standard InChI is InChI=1S/C8H8ClNO2/c1-5-2-8-7(3-6(5)9)10(11)4-12-8/h2-3,11H,4H2,1H3. The number of rotatable bonds is 0. The van der Waals surface area contributed by atoms with Gasteiger partial charge in [0.25, 0.3) is 0 Å². The number of ether oxygens (including phenoxy) is 1. The van der Waals surface area contributed by atoms with Gasteiger partial charge >= 0.3 is 0 Å². The summed E-state index contributed by atoms with van der Waals surface area (Å²) in [5.74, 6) is 0.680. The van der Waals surface area contributed by atoms with Crippen LogP contribution in [0.2, 0.25) is 5.02 Å². The summed E-state index contributed by atoms with van der Waals surface area (Å²) in [6, 6.07) is 3.51. The van der Waals surface area contributed by atoms with Crippen LogP contribution in [0.5, 0.6) is 5.75 Å². The fraction of sp³-hybridized carbons (Fsp3) is 0.250. The monoisotopic (exact) mass is 185 g/mol. The third-order valence-electron chi connectivity index (χ3n) is 1.86. The number of halogens is 1. The fourth-order valence-electron chi connectivity index (χ4n) is 1.16. The average Bonchev–Trinajstić information content (AvgIpc) is 2.35. The highest BCUT2D eigenvalue weighted by molar-refractivity contribution is 6.31. The Kier molecular flexibility index (Phi) is 1.63. The number of fused-ring (bicyclic) bond motifs is 1. The van der Waals surface area contributed by atoms with E-state index in [9.17, 15) is 5.21 Å². The van der Waals surface area contributed by atoms with Crippen LogP contribution < -0.4 is 9.80 Å². The molecule has 1 aromatic carbocycles. The van der Waals surface area contributed by atoms with Crippen LogP contribution >= 0.6 is 11.6 Å². The summed E-state index contributed by atoms with van der Waals surface area (Å²) in [5, 5.41) is 10.9. The van der Waals surface area contributed by atoms with E-state index >= 15 is 0 Å². The number of nitrogens with zero attached hydrogens (tertiary/aromatic N) is 1. The molecule has 0 bridgehead atoms. The predicted octanol–water partition coefficient (Wildman–Crippen LogP) is 2.19. The highest BCUT2D eigenvalue weighted by atomic mass is 35.5. The van der Waals surface area contributed by atoms with Crippen molar-refractivity contribution in [3.63, 3.8) is 0 Å². The van der Waals surface area contributed by atoms with Gasteiger partial charge in [0.2, 0.25) is 0 Å². The maximum absolute atomic E-state index is 9.25. The summed E-state index contributed by atoms with van der Waals surface area (Å²) in [6.45, 7) is 2.07. The first-order valence-corrected chi connectivity index (χ1v) is 3.95. The van der Waals surface area contributed by atoms with Gasteiger partial charge in [-0.05, 0) is 24.6 Å². The molecular formula is C8H8ClNO2. The Bertz CT molecular complexity index is 327. The summed E-state index contributed by atoms with van der Waals surface area (Å²) in [7, 11) is 0.